The molecule has 1 heterocycles. The van der Waals surface area contributed by atoms with Crippen molar-refractivity contribution in [2.45, 2.75) is 6.54 Å². The van der Waals surface area contributed by atoms with Crippen LogP contribution < -0.4 is 4.74 Å². The Morgan fingerprint density at radius 2 is 1.68 bits per heavy atom. The van der Waals surface area contributed by atoms with Crippen molar-refractivity contribution in [1.29, 1.82) is 0 Å². The van der Waals surface area contributed by atoms with E-state index < -0.39 is 5.91 Å². The van der Waals surface area contributed by atoms with E-state index >= 15 is 0 Å². The highest BCUT2D eigenvalue weighted by molar-refractivity contribution is 6.32. The minimum atomic E-state index is -0.603. The largest absolute Gasteiger partial charge is 0.493 e. The van der Waals surface area contributed by atoms with Crippen LogP contribution in [0.1, 0.15) is 5.56 Å². The number of amides is 1. The first-order valence-electron chi connectivity index (χ1n) is 9.39. The van der Waals surface area contributed by atoms with Gasteiger partial charge in [-0.25, -0.2) is 0 Å². The Labute approximate surface area is 188 Å². The number of halogens is 2. The Balaban J connectivity index is 1.57. The fourth-order valence-electron chi connectivity index (χ4n) is 3.14. The number of hydrogen-bond acceptors (Lipinski definition) is 4. The number of carbonyl (C=O) groups is 1. The van der Waals surface area contributed by atoms with Crippen LogP contribution in [0, 0.1) is 0 Å². The number of rotatable bonds is 6. The standard InChI is InChI=1S/C23H17Cl2N3O3/c24-16-11-9-15(10-12-16)13-28-19-7-3-1-5-17(19)22(23(28)30)27-26-21(29)14-31-20-8-4-2-6-18(20)25/h1-12,30H,13-14H2. The minimum Gasteiger partial charge on any atom is -0.493 e. The van der Waals surface area contributed by atoms with Crippen LogP contribution >= 0.6 is 23.2 Å². The summed E-state index contributed by atoms with van der Waals surface area (Å²) in [5.74, 6) is -0.302. The SMILES string of the molecule is O=C(COc1ccccc1Cl)N=Nc1c(O)n(Cc2ccc(Cl)cc2)c2ccccc12. The first kappa shape index (κ1) is 20.9. The van der Waals surface area contributed by atoms with Crippen molar-refractivity contribution >= 4 is 45.7 Å². The molecular formula is C23H17Cl2N3O3. The topological polar surface area (TPSA) is 76.2 Å². The first-order chi connectivity index (χ1) is 15.0. The molecule has 1 aromatic heterocycles. The van der Waals surface area contributed by atoms with Gasteiger partial charge in [-0.1, -0.05) is 65.7 Å². The molecular weight excluding hydrogens is 437 g/mol. The monoisotopic (exact) mass is 453 g/mol. The van der Waals surface area contributed by atoms with Crippen LogP contribution in [0.15, 0.2) is 83.0 Å². The summed E-state index contributed by atoms with van der Waals surface area (Å²) in [6.45, 7) is 0.0833. The molecule has 1 amide bonds. The lowest BCUT2D eigenvalue weighted by molar-refractivity contribution is -0.120. The first-order valence-corrected chi connectivity index (χ1v) is 10.1. The summed E-state index contributed by atoms with van der Waals surface area (Å²) in [6.07, 6.45) is 0. The van der Waals surface area contributed by atoms with Crippen molar-refractivity contribution in [1.82, 2.24) is 4.57 Å². The fourth-order valence-corrected chi connectivity index (χ4v) is 3.45. The molecule has 1 N–H and O–H groups in total. The molecule has 31 heavy (non-hydrogen) atoms. The van der Waals surface area contributed by atoms with Gasteiger partial charge in [-0.05, 0) is 35.9 Å². The number of aromatic hydroxyl groups is 1. The number of azo groups is 1. The lowest BCUT2D eigenvalue weighted by Gasteiger charge is -2.07. The molecule has 0 aliphatic rings. The Morgan fingerprint density at radius 3 is 2.45 bits per heavy atom. The smallest absolute Gasteiger partial charge is 0.302 e. The van der Waals surface area contributed by atoms with E-state index in [0.717, 1.165) is 11.1 Å². The van der Waals surface area contributed by atoms with Crippen molar-refractivity contribution < 1.29 is 14.6 Å². The molecule has 0 atom stereocenters. The second kappa shape index (κ2) is 9.20. The molecule has 0 spiro atoms. The van der Waals surface area contributed by atoms with Gasteiger partial charge in [0.1, 0.15) is 5.75 Å². The van der Waals surface area contributed by atoms with Crippen LogP contribution in [0.2, 0.25) is 10.0 Å². The molecule has 0 fully saturated rings. The van der Waals surface area contributed by atoms with Crippen LogP contribution in [0.3, 0.4) is 0 Å². The Morgan fingerprint density at radius 1 is 0.968 bits per heavy atom. The molecule has 156 valence electrons. The summed E-state index contributed by atoms with van der Waals surface area (Å²) < 4.78 is 7.09. The third-order valence-corrected chi connectivity index (χ3v) is 5.18. The van der Waals surface area contributed by atoms with Crippen molar-refractivity contribution in [3.8, 4) is 11.6 Å². The van der Waals surface area contributed by atoms with Crippen LogP contribution in [0.5, 0.6) is 11.6 Å². The lowest BCUT2D eigenvalue weighted by Crippen LogP contribution is -2.08. The van der Waals surface area contributed by atoms with Crippen molar-refractivity contribution in [2.24, 2.45) is 10.2 Å². The molecule has 8 heteroatoms. The van der Waals surface area contributed by atoms with Gasteiger partial charge < -0.3 is 14.4 Å². The van der Waals surface area contributed by atoms with Gasteiger partial charge in [0.25, 0.3) is 0 Å². The number of carbonyl (C=O) groups excluding carboxylic acids is 1. The Hall–Kier alpha value is -3.35. The highest BCUT2D eigenvalue weighted by Crippen LogP contribution is 2.39. The highest BCUT2D eigenvalue weighted by atomic mass is 35.5. The van der Waals surface area contributed by atoms with E-state index in [1.165, 1.54) is 0 Å². The van der Waals surface area contributed by atoms with Gasteiger partial charge in [0.2, 0.25) is 5.88 Å². The molecule has 3 aromatic carbocycles. The third-order valence-electron chi connectivity index (χ3n) is 4.62. The van der Waals surface area contributed by atoms with Crippen molar-refractivity contribution in [3.05, 3.63) is 88.4 Å². The summed E-state index contributed by atoms with van der Waals surface area (Å²) in [5.41, 5.74) is 1.94. The average Bonchev–Trinajstić information content (AvgIpc) is 3.04. The van der Waals surface area contributed by atoms with E-state index in [1.807, 2.05) is 36.4 Å². The summed E-state index contributed by atoms with van der Waals surface area (Å²) >= 11 is 12.0. The zero-order valence-corrected chi connectivity index (χ0v) is 17.7. The fraction of sp³-hybridized carbons (Fsp3) is 0.0870. The molecule has 4 aromatic rings. The normalized spacial score (nSPS) is 11.3. The van der Waals surface area contributed by atoms with Gasteiger partial charge in [-0.15, -0.1) is 10.2 Å². The summed E-state index contributed by atoms with van der Waals surface area (Å²) in [6, 6.07) is 21.5. The van der Waals surface area contributed by atoms with Gasteiger partial charge in [0.15, 0.2) is 12.3 Å². The maximum Gasteiger partial charge on any atom is 0.302 e. The zero-order valence-electron chi connectivity index (χ0n) is 16.2. The van der Waals surface area contributed by atoms with E-state index in [2.05, 4.69) is 10.2 Å². The van der Waals surface area contributed by atoms with Crippen LogP contribution in [0.25, 0.3) is 10.9 Å². The molecule has 0 saturated carbocycles. The summed E-state index contributed by atoms with van der Waals surface area (Å²) in [7, 11) is 0. The molecule has 6 nitrogen and oxygen atoms in total. The molecule has 0 aliphatic carbocycles. The van der Waals surface area contributed by atoms with E-state index in [-0.39, 0.29) is 18.2 Å². The number of benzene rings is 3. The van der Waals surface area contributed by atoms with Crippen LogP contribution in [-0.4, -0.2) is 22.2 Å². The van der Waals surface area contributed by atoms with Crippen LogP contribution in [0.4, 0.5) is 5.69 Å². The van der Waals surface area contributed by atoms with Gasteiger partial charge in [-0.2, -0.15) is 0 Å². The number of para-hydroxylation sites is 2. The van der Waals surface area contributed by atoms with Crippen LogP contribution in [-0.2, 0) is 11.3 Å². The van der Waals surface area contributed by atoms with Gasteiger partial charge in [0, 0.05) is 10.4 Å². The minimum absolute atomic E-state index is 0.0836. The zero-order chi connectivity index (χ0) is 21.8. The Bertz CT molecular complexity index is 1270. The third kappa shape index (κ3) is 4.71. The predicted octanol–water partition coefficient (Wildman–Crippen LogP) is 6.39. The van der Waals surface area contributed by atoms with E-state index in [0.29, 0.717) is 27.7 Å². The maximum atomic E-state index is 12.1. The molecule has 4 rings (SSSR count). The lowest BCUT2D eigenvalue weighted by atomic mass is 10.2. The quantitative estimate of drug-likeness (QED) is 0.343. The molecule has 0 aliphatic heterocycles. The van der Waals surface area contributed by atoms with E-state index in [1.54, 1.807) is 41.0 Å². The Kier molecular flexibility index (Phi) is 6.21. The molecule has 0 unspecified atom stereocenters. The maximum absolute atomic E-state index is 12.1. The van der Waals surface area contributed by atoms with Crippen molar-refractivity contribution in [3.63, 3.8) is 0 Å². The molecule has 0 radical (unpaired) electrons. The molecule has 0 bridgehead atoms. The van der Waals surface area contributed by atoms with Gasteiger partial charge in [0.05, 0.1) is 17.1 Å². The van der Waals surface area contributed by atoms with E-state index in [9.17, 15) is 9.90 Å². The molecule has 0 saturated heterocycles. The summed E-state index contributed by atoms with van der Waals surface area (Å²) in [5, 5.41) is 20.2. The van der Waals surface area contributed by atoms with Crippen molar-refractivity contribution in [2.75, 3.05) is 6.61 Å². The summed E-state index contributed by atoms with van der Waals surface area (Å²) in [4.78, 5) is 12.1. The highest BCUT2D eigenvalue weighted by Gasteiger charge is 2.17. The van der Waals surface area contributed by atoms with Gasteiger partial charge in [-0.3, -0.25) is 4.79 Å². The number of nitrogens with zero attached hydrogens (tertiary/aromatic N) is 3. The number of hydrogen-bond donors (Lipinski definition) is 1. The second-order valence-electron chi connectivity index (χ2n) is 6.71. The number of aromatic nitrogens is 1. The number of fused-ring (bicyclic) bond motifs is 1. The average molecular weight is 454 g/mol. The second-order valence-corrected chi connectivity index (χ2v) is 7.56. The van der Waals surface area contributed by atoms with Gasteiger partial charge >= 0.3 is 5.91 Å². The predicted molar refractivity (Wildman–Crippen MR) is 121 cm³/mol. The number of ether oxygens (including phenoxy) is 1. The van der Waals surface area contributed by atoms with E-state index in [4.69, 9.17) is 27.9 Å².